The summed E-state index contributed by atoms with van der Waals surface area (Å²) < 4.78 is 21.2. The predicted molar refractivity (Wildman–Crippen MR) is 85.5 cm³/mol. The van der Waals surface area contributed by atoms with E-state index in [1.54, 1.807) is 0 Å². The molecule has 4 aliphatic carbocycles. The number of rotatable bonds is 7. The Labute approximate surface area is 147 Å². The van der Waals surface area contributed by atoms with E-state index in [-0.39, 0.29) is 30.8 Å². The minimum Gasteiger partial charge on any atom is -0.462 e. The van der Waals surface area contributed by atoms with E-state index in [1.807, 2.05) is 0 Å². The van der Waals surface area contributed by atoms with Crippen LogP contribution >= 0.6 is 0 Å². The zero-order valence-corrected chi connectivity index (χ0v) is 14.5. The molecular weight excluding hydrogens is 324 g/mol. The fraction of sp³-hybridized carbons (Fsp3) is 0.895. The van der Waals surface area contributed by atoms with Crippen LogP contribution in [0.25, 0.3) is 0 Å². The molecule has 0 spiro atoms. The molecule has 4 bridgehead atoms. The minimum atomic E-state index is -0.779. The van der Waals surface area contributed by atoms with E-state index in [9.17, 15) is 9.59 Å². The monoisotopic (exact) mass is 350 g/mol. The van der Waals surface area contributed by atoms with E-state index in [2.05, 4.69) is 0 Å². The van der Waals surface area contributed by atoms with Crippen LogP contribution in [-0.2, 0) is 28.5 Å². The van der Waals surface area contributed by atoms with Gasteiger partial charge in [0.25, 0.3) is 0 Å². The first-order chi connectivity index (χ1) is 12.1. The highest BCUT2D eigenvalue weighted by Crippen LogP contribution is 2.63. The molecule has 6 aliphatic rings. The van der Waals surface area contributed by atoms with Crippen molar-refractivity contribution in [1.82, 2.24) is 0 Å². The average molecular weight is 350 g/mol. The van der Waals surface area contributed by atoms with E-state index in [0.717, 1.165) is 19.3 Å². The van der Waals surface area contributed by atoms with E-state index in [4.69, 9.17) is 18.9 Å². The molecule has 4 saturated carbocycles. The van der Waals surface area contributed by atoms with Crippen molar-refractivity contribution in [2.45, 2.75) is 50.7 Å². The first-order valence-electron chi connectivity index (χ1n) is 9.68. The zero-order chi connectivity index (χ0) is 17.0. The molecular formula is C19H26O6. The highest BCUT2D eigenvalue weighted by atomic mass is 16.6. The van der Waals surface area contributed by atoms with Gasteiger partial charge >= 0.3 is 11.9 Å². The van der Waals surface area contributed by atoms with Gasteiger partial charge in [-0.2, -0.15) is 0 Å². The van der Waals surface area contributed by atoms with Gasteiger partial charge in [0.1, 0.15) is 25.4 Å². The summed E-state index contributed by atoms with van der Waals surface area (Å²) in [6, 6.07) is 0. The van der Waals surface area contributed by atoms with Gasteiger partial charge in [0.15, 0.2) is 5.92 Å². The molecule has 2 heterocycles. The molecule has 2 unspecified atom stereocenters. The Morgan fingerprint density at radius 1 is 0.840 bits per heavy atom. The van der Waals surface area contributed by atoms with E-state index < -0.39 is 17.9 Å². The average Bonchev–Trinajstić information content (AvgIpc) is 3.44. The van der Waals surface area contributed by atoms with Gasteiger partial charge in [0.2, 0.25) is 0 Å². The summed E-state index contributed by atoms with van der Waals surface area (Å²) in [5.74, 6) is 0.394. The Bertz CT molecular complexity index is 501. The van der Waals surface area contributed by atoms with Crippen molar-refractivity contribution in [3.05, 3.63) is 0 Å². The summed E-state index contributed by atoms with van der Waals surface area (Å²) in [7, 11) is 0. The lowest BCUT2D eigenvalue weighted by Gasteiger charge is -2.58. The summed E-state index contributed by atoms with van der Waals surface area (Å²) in [5, 5.41) is 0. The van der Waals surface area contributed by atoms with Gasteiger partial charge in [0, 0.05) is 0 Å². The topological polar surface area (TPSA) is 77.7 Å². The van der Waals surface area contributed by atoms with Crippen molar-refractivity contribution < 1.29 is 28.5 Å². The standard InChI is InChI=1S/C19H26O6/c20-17(24-9-14-7-22-14)16(18(21)25-10-15-8-23-15)19-4-11-1-12(5-19)3-13(2-11)6-19/h11-16H,1-10H2. The van der Waals surface area contributed by atoms with Crippen LogP contribution in [0.4, 0.5) is 0 Å². The van der Waals surface area contributed by atoms with Crippen LogP contribution in [-0.4, -0.2) is 50.6 Å². The molecule has 2 saturated heterocycles. The molecule has 2 aliphatic heterocycles. The molecule has 0 aromatic rings. The van der Waals surface area contributed by atoms with Crippen molar-refractivity contribution >= 4 is 11.9 Å². The maximum atomic E-state index is 12.9. The van der Waals surface area contributed by atoms with Gasteiger partial charge in [-0.05, 0) is 61.7 Å². The van der Waals surface area contributed by atoms with Crippen LogP contribution in [0.1, 0.15) is 38.5 Å². The van der Waals surface area contributed by atoms with Gasteiger partial charge in [-0.3, -0.25) is 9.59 Å². The summed E-state index contributed by atoms with van der Waals surface area (Å²) in [4.78, 5) is 25.8. The Balaban J connectivity index is 1.35. The van der Waals surface area contributed by atoms with E-state index in [1.165, 1.54) is 19.3 Å². The lowest BCUT2D eigenvalue weighted by molar-refractivity contribution is -0.180. The van der Waals surface area contributed by atoms with Crippen LogP contribution in [0.5, 0.6) is 0 Å². The normalized spacial score (nSPS) is 44.2. The second kappa shape index (κ2) is 5.95. The third kappa shape index (κ3) is 3.19. The first kappa shape index (κ1) is 16.1. The van der Waals surface area contributed by atoms with Crippen molar-refractivity contribution in [2.24, 2.45) is 29.1 Å². The second-order valence-electron chi connectivity index (χ2n) is 8.88. The number of hydrogen-bond acceptors (Lipinski definition) is 6. The molecule has 0 radical (unpaired) electrons. The maximum Gasteiger partial charge on any atom is 0.320 e. The summed E-state index contributed by atoms with van der Waals surface area (Å²) in [6.45, 7) is 1.78. The van der Waals surface area contributed by atoms with Crippen LogP contribution in [0.15, 0.2) is 0 Å². The first-order valence-corrected chi connectivity index (χ1v) is 9.68. The number of hydrogen-bond donors (Lipinski definition) is 0. The lowest BCUT2D eigenvalue weighted by Crippen LogP contribution is -2.54. The molecule has 6 heteroatoms. The van der Waals surface area contributed by atoms with Gasteiger partial charge in [0.05, 0.1) is 13.2 Å². The number of ether oxygens (including phenoxy) is 4. The third-order valence-corrected chi connectivity index (χ3v) is 6.80. The predicted octanol–water partition coefficient (Wildman–Crippen LogP) is 1.70. The van der Waals surface area contributed by atoms with Crippen molar-refractivity contribution in [3.63, 3.8) is 0 Å². The molecule has 6 fully saturated rings. The Morgan fingerprint density at radius 3 is 1.60 bits per heavy atom. The number of epoxide rings is 2. The van der Waals surface area contributed by atoms with Crippen molar-refractivity contribution in [2.75, 3.05) is 26.4 Å². The highest BCUT2D eigenvalue weighted by Gasteiger charge is 2.59. The minimum absolute atomic E-state index is 0.0110. The summed E-state index contributed by atoms with van der Waals surface area (Å²) in [6.07, 6.45) is 6.72. The van der Waals surface area contributed by atoms with Crippen LogP contribution in [0, 0.1) is 29.1 Å². The van der Waals surface area contributed by atoms with E-state index >= 15 is 0 Å². The molecule has 2 atom stereocenters. The van der Waals surface area contributed by atoms with Crippen LogP contribution in [0.2, 0.25) is 0 Å². The van der Waals surface area contributed by atoms with E-state index in [0.29, 0.717) is 31.0 Å². The van der Waals surface area contributed by atoms with Crippen molar-refractivity contribution in [3.8, 4) is 0 Å². The van der Waals surface area contributed by atoms with Crippen LogP contribution in [0.3, 0.4) is 0 Å². The SMILES string of the molecule is O=C(OCC1CO1)C(C(=O)OCC1CO1)C12CC3CC(CC(C3)C1)C2. The van der Waals surface area contributed by atoms with Gasteiger partial charge < -0.3 is 18.9 Å². The fourth-order valence-electron chi connectivity index (χ4n) is 5.97. The number of carbonyl (C=O) groups excluding carboxylic acids is 2. The molecule has 0 amide bonds. The molecule has 138 valence electrons. The van der Waals surface area contributed by atoms with Crippen LogP contribution < -0.4 is 0 Å². The summed E-state index contributed by atoms with van der Waals surface area (Å²) in [5.41, 5.74) is -0.252. The van der Waals surface area contributed by atoms with Gasteiger partial charge in [-0.15, -0.1) is 0 Å². The second-order valence-corrected chi connectivity index (χ2v) is 8.88. The van der Waals surface area contributed by atoms with Gasteiger partial charge in [-0.1, -0.05) is 0 Å². The third-order valence-electron chi connectivity index (χ3n) is 6.80. The highest BCUT2D eigenvalue weighted by molar-refractivity contribution is 5.96. The number of esters is 2. The molecule has 6 nitrogen and oxygen atoms in total. The molecule has 6 rings (SSSR count). The zero-order valence-electron chi connectivity index (χ0n) is 14.5. The summed E-state index contributed by atoms with van der Waals surface area (Å²) >= 11 is 0. The quantitative estimate of drug-likeness (QED) is 0.395. The molecule has 0 N–H and O–H groups in total. The van der Waals surface area contributed by atoms with Gasteiger partial charge in [-0.25, -0.2) is 0 Å². The van der Waals surface area contributed by atoms with Crippen molar-refractivity contribution in [1.29, 1.82) is 0 Å². The lowest BCUT2D eigenvalue weighted by atomic mass is 9.46. The Kier molecular flexibility index (Phi) is 3.82. The largest absolute Gasteiger partial charge is 0.462 e. The Morgan fingerprint density at radius 2 is 1.24 bits per heavy atom. The molecule has 25 heavy (non-hydrogen) atoms. The molecule has 0 aromatic carbocycles. The fourth-order valence-corrected chi connectivity index (χ4v) is 5.97. The molecule has 0 aromatic heterocycles. The number of carbonyl (C=O) groups is 2. The maximum absolute atomic E-state index is 12.9. The smallest absolute Gasteiger partial charge is 0.320 e. The Hall–Kier alpha value is -1.14.